The SMILES string of the molecule is CCCCN(C)c1nccc(Nc2ccccc2OC)n1. The minimum atomic E-state index is 0.725. The van der Waals surface area contributed by atoms with Crippen LogP contribution < -0.4 is 15.0 Å². The first-order chi connectivity index (χ1) is 10.2. The molecule has 0 unspecified atom stereocenters. The fourth-order valence-electron chi connectivity index (χ4n) is 1.98. The number of hydrogen-bond donors (Lipinski definition) is 1. The molecule has 2 rings (SSSR count). The Morgan fingerprint density at radius 1 is 1.24 bits per heavy atom. The van der Waals surface area contributed by atoms with Crippen molar-refractivity contribution in [3.05, 3.63) is 36.5 Å². The Balaban J connectivity index is 2.14. The number of rotatable bonds is 7. The number of hydrogen-bond acceptors (Lipinski definition) is 5. The monoisotopic (exact) mass is 286 g/mol. The molecule has 112 valence electrons. The first kappa shape index (κ1) is 15.1. The molecule has 0 fully saturated rings. The largest absolute Gasteiger partial charge is 0.495 e. The molecule has 0 aliphatic rings. The predicted octanol–water partition coefficient (Wildman–Crippen LogP) is 3.47. The van der Waals surface area contributed by atoms with Crippen LogP contribution in [0.4, 0.5) is 17.5 Å². The van der Waals surface area contributed by atoms with Gasteiger partial charge in [0.15, 0.2) is 0 Å². The highest BCUT2D eigenvalue weighted by Crippen LogP contribution is 2.26. The predicted molar refractivity (Wildman–Crippen MR) is 86.5 cm³/mol. The van der Waals surface area contributed by atoms with E-state index in [9.17, 15) is 0 Å². The van der Waals surface area contributed by atoms with Gasteiger partial charge in [0.25, 0.3) is 0 Å². The maximum Gasteiger partial charge on any atom is 0.227 e. The van der Waals surface area contributed by atoms with E-state index < -0.39 is 0 Å². The Hall–Kier alpha value is -2.30. The van der Waals surface area contributed by atoms with Crippen LogP contribution >= 0.6 is 0 Å². The van der Waals surface area contributed by atoms with Gasteiger partial charge >= 0.3 is 0 Å². The van der Waals surface area contributed by atoms with Gasteiger partial charge in [0.1, 0.15) is 11.6 Å². The van der Waals surface area contributed by atoms with Gasteiger partial charge in [0, 0.05) is 19.8 Å². The van der Waals surface area contributed by atoms with E-state index in [0.717, 1.165) is 42.6 Å². The number of unbranched alkanes of at least 4 members (excludes halogenated alkanes) is 1. The van der Waals surface area contributed by atoms with Crippen molar-refractivity contribution in [2.45, 2.75) is 19.8 Å². The van der Waals surface area contributed by atoms with Gasteiger partial charge in [0.2, 0.25) is 5.95 Å². The summed E-state index contributed by atoms with van der Waals surface area (Å²) in [6, 6.07) is 9.62. The number of anilines is 3. The zero-order chi connectivity index (χ0) is 15.1. The summed E-state index contributed by atoms with van der Waals surface area (Å²) < 4.78 is 5.33. The maximum absolute atomic E-state index is 5.33. The number of nitrogens with one attached hydrogen (secondary N) is 1. The van der Waals surface area contributed by atoms with Crippen LogP contribution in [0.5, 0.6) is 5.75 Å². The summed E-state index contributed by atoms with van der Waals surface area (Å²) in [7, 11) is 3.67. The zero-order valence-electron chi connectivity index (χ0n) is 12.8. The van der Waals surface area contributed by atoms with Crippen LogP contribution in [-0.4, -0.2) is 30.7 Å². The molecule has 1 N–H and O–H groups in total. The molecule has 0 atom stereocenters. The summed E-state index contributed by atoms with van der Waals surface area (Å²) in [5.41, 5.74) is 0.890. The van der Waals surface area contributed by atoms with Crippen LogP contribution in [0.3, 0.4) is 0 Å². The van der Waals surface area contributed by atoms with Gasteiger partial charge < -0.3 is 15.0 Å². The van der Waals surface area contributed by atoms with E-state index in [4.69, 9.17) is 4.74 Å². The third kappa shape index (κ3) is 4.08. The van der Waals surface area contributed by atoms with Crippen LogP contribution in [0.1, 0.15) is 19.8 Å². The lowest BCUT2D eigenvalue weighted by Crippen LogP contribution is -2.21. The van der Waals surface area contributed by atoms with Crippen LogP contribution in [0.2, 0.25) is 0 Å². The topological polar surface area (TPSA) is 50.3 Å². The molecule has 0 saturated heterocycles. The second kappa shape index (κ2) is 7.47. The number of para-hydroxylation sites is 2. The van der Waals surface area contributed by atoms with Gasteiger partial charge in [-0.25, -0.2) is 4.98 Å². The van der Waals surface area contributed by atoms with Crippen LogP contribution in [0, 0.1) is 0 Å². The first-order valence-corrected chi connectivity index (χ1v) is 7.18. The summed E-state index contributed by atoms with van der Waals surface area (Å²) in [4.78, 5) is 10.9. The fourth-order valence-corrected chi connectivity index (χ4v) is 1.98. The van der Waals surface area contributed by atoms with Gasteiger partial charge in [-0.1, -0.05) is 25.5 Å². The summed E-state index contributed by atoms with van der Waals surface area (Å²) in [5, 5.41) is 3.27. The molecule has 21 heavy (non-hydrogen) atoms. The molecular formula is C16H22N4O. The highest BCUT2D eigenvalue weighted by Gasteiger charge is 2.07. The van der Waals surface area contributed by atoms with Crippen molar-refractivity contribution in [2.75, 3.05) is 30.9 Å². The molecule has 2 aromatic rings. The molecule has 5 nitrogen and oxygen atoms in total. The lowest BCUT2D eigenvalue weighted by Gasteiger charge is -2.17. The van der Waals surface area contributed by atoms with Crippen LogP contribution in [0.15, 0.2) is 36.5 Å². The maximum atomic E-state index is 5.33. The highest BCUT2D eigenvalue weighted by atomic mass is 16.5. The Labute approximate surface area is 126 Å². The minimum absolute atomic E-state index is 0.725. The quantitative estimate of drug-likeness (QED) is 0.844. The van der Waals surface area contributed by atoms with E-state index in [0.29, 0.717) is 0 Å². The minimum Gasteiger partial charge on any atom is -0.495 e. The molecule has 0 bridgehead atoms. The Bertz CT molecular complexity index is 574. The zero-order valence-corrected chi connectivity index (χ0v) is 12.8. The van der Waals surface area contributed by atoms with Gasteiger partial charge in [-0.15, -0.1) is 0 Å². The van der Waals surface area contributed by atoms with E-state index in [-0.39, 0.29) is 0 Å². The average molecular weight is 286 g/mol. The third-order valence-electron chi connectivity index (χ3n) is 3.20. The number of benzene rings is 1. The molecule has 0 saturated carbocycles. The number of aromatic nitrogens is 2. The third-order valence-corrected chi connectivity index (χ3v) is 3.20. The normalized spacial score (nSPS) is 10.2. The number of nitrogens with zero attached hydrogens (tertiary/aromatic N) is 3. The second-order valence-corrected chi connectivity index (χ2v) is 4.84. The molecular weight excluding hydrogens is 264 g/mol. The van der Waals surface area contributed by atoms with E-state index in [1.807, 2.05) is 37.4 Å². The van der Waals surface area contributed by atoms with E-state index in [2.05, 4.69) is 27.1 Å². The van der Waals surface area contributed by atoms with Crippen molar-refractivity contribution in [2.24, 2.45) is 0 Å². The molecule has 0 aliphatic heterocycles. The lowest BCUT2D eigenvalue weighted by molar-refractivity contribution is 0.417. The van der Waals surface area contributed by atoms with E-state index in [1.165, 1.54) is 0 Å². The van der Waals surface area contributed by atoms with Gasteiger partial charge in [-0.3, -0.25) is 0 Å². The molecule has 1 aromatic carbocycles. The molecule has 0 radical (unpaired) electrons. The number of ether oxygens (including phenoxy) is 1. The van der Waals surface area contributed by atoms with Crippen molar-refractivity contribution in [1.29, 1.82) is 0 Å². The average Bonchev–Trinajstić information content (AvgIpc) is 2.53. The van der Waals surface area contributed by atoms with Crippen molar-refractivity contribution in [3.63, 3.8) is 0 Å². The fraction of sp³-hybridized carbons (Fsp3) is 0.375. The Morgan fingerprint density at radius 2 is 2.05 bits per heavy atom. The van der Waals surface area contributed by atoms with Crippen molar-refractivity contribution in [3.8, 4) is 5.75 Å². The van der Waals surface area contributed by atoms with Gasteiger partial charge in [-0.05, 0) is 24.6 Å². The standard InChI is InChI=1S/C16H22N4O/c1-4-5-12-20(2)16-17-11-10-15(19-16)18-13-8-6-7-9-14(13)21-3/h6-11H,4-5,12H2,1-3H3,(H,17,18,19). The summed E-state index contributed by atoms with van der Waals surface area (Å²) in [6.45, 7) is 3.13. The highest BCUT2D eigenvalue weighted by molar-refractivity contribution is 5.64. The van der Waals surface area contributed by atoms with Crippen molar-refractivity contribution in [1.82, 2.24) is 9.97 Å². The van der Waals surface area contributed by atoms with Crippen LogP contribution in [-0.2, 0) is 0 Å². The summed E-state index contributed by atoms with van der Waals surface area (Å²) >= 11 is 0. The molecule has 0 spiro atoms. The van der Waals surface area contributed by atoms with E-state index in [1.54, 1.807) is 13.3 Å². The molecule has 1 heterocycles. The Kier molecular flexibility index (Phi) is 5.37. The molecule has 1 aromatic heterocycles. The van der Waals surface area contributed by atoms with Gasteiger partial charge in [0.05, 0.1) is 12.8 Å². The summed E-state index contributed by atoms with van der Waals surface area (Å²) in [6.07, 6.45) is 4.05. The number of methoxy groups -OCH3 is 1. The van der Waals surface area contributed by atoms with Crippen molar-refractivity contribution >= 4 is 17.5 Å². The summed E-state index contributed by atoms with van der Waals surface area (Å²) in [5.74, 6) is 2.27. The molecule has 5 heteroatoms. The second-order valence-electron chi connectivity index (χ2n) is 4.84. The molecule has 0 aliphatic carbocycles. The Morgan fingerprint density at radius 3 is 2.81 bits per heavy atom. The lowest BCUT2D eigenvalue weighted by atomic mass is 10.3. The van der Waals surface area contributed by atoms with E-state index >= 15 is 0 Å². The first-order valence-electron chi connectivity index (χ1n) is 7.18. The van der Waals surface area contributed by atoms with Gasteiger partial charge in [-0.2, -0.15) is 4.98 Å². The molecule has 0 amide bonds. The smallest absolute Gasteiger partial charge is 0.227 e. The van der Waals surface area contributed by atoms with Crippen molar-refractivity contribution < 1.29 is 4.74 Å². The van der Waals surface area contributed by atoms with Crippen LogP contribution in [0.25, 0.3) is 0 Å².